The van der Waals surface area contributed by atoms with E-state index in [0.29, 0.717) is 6.04 Å². The van der Waals surface area contributed by atoms with Gasteiger partial charge < -0.3 is 9.88 Å². The number of benzene rings is 1. The van der Waals surface area contributed by atoms with E-state index < -0.39 is 0 Å². The Bertz CT molecular complexity index is 473. The predicted molar refractivity (Wildman–Crippen MR) is 67.5 cm³/mol. The van der Waals surface area contributed by atoms with E-state index in [1.807, 2.05) is 13.1 Å². The normalized spacial score (nSPS) is 13.2. The van der Waals surface area contributed by atoms with Crippen LogP contribution in [0.25, 0.3) is 11.0 Å². The molecule has 0 saturated carbocycles. The fraction of sp³-hybridized carbons (Fsp3) is 0.462. The van der Waals surface area contributed by atoms with E-state index in [4.69, 9.17) is 0 Å². The second-order valence-corrected chi connectivity index (χ2v) is 4.17. The van der Waals surface area contributed by atoms with Gasteiger partial charge in [-0.25, -0.2) is 4.98 Å². The van der Waals surface area contributed by atoms with E-state index in [9.17, 15) is 0 Å². The third-order valence-electron chi connectivity index (χ3n) is 3.04. The first-order valence-corrected chi connectivity index (χ1v) is 5.88. The van der Waals surface area contributed by atoms with Gasteiger partial charge in [0.15, 0.2) is 0 Å². The van der Waals surface area contributed by atoms with Gasteiger partial charge in [0.2, 0.25) is 0 Å². The quantitative estimate of drug-likeness (QED) is 0.853. The molecule has 1 aromatic carbocycles. The Morgan fingerprint density at radius 1 is 1.38 bits per heavy atom. The summed E-state index contributed by atoms with van der Waals surface area (Å²) in [6, 6.07) is 8.84. The van der Waals surface area contributed by atoms with Gasteiger partial charge in [0.25, 0.3) is 0 Å². The minimum atomic E-state index is 0.496. The third-order valence-corrected chi connectivity index (χ3v) is 3.04. The smallest absolute Gasteiger partial charge is 0.124 e. The highest BCUT2D eigenvalue weighted by molar-refractivity contribution is 5.76. The van der Waals surface area contributed by atoms with Crippen molar-refractivity contribution in [1.29, 1.82) is 0 Å². The highest BCUT2D eigenvalue weighted by Gasteiger charge is 2.13. The number of hydrogen-bond acceptors (Lipinski definition) is 2. The van der Waals surface area contributed by atoms with E-state index in [1.54, 1.807) is 0 Å². The summed E-state index contributed by atoms with van der Waals surface area (Å²) in [7, 11) is 1.96. The Labute approximate surface area is 96.5 Å². The monoisotopic (exact) mass is 217 g/mol. The highest BCUT2D eigenvalue weighted by Crippen LogP contribution is 2.22. The van der Waals surface area contributed by atoms with E-state index in [0.717, 1.165) is 24.3 Å². The molecule has 0 saturated heterocycles. The summed E-state index contributed by atoms with van der Waals surface area (Å²) in [4.78, 5) is 4.67. The lowest BCUT2D eigenvalue weighted by molar-refractivity contribution is 0.514. The molecule has 1 aromatic heterocycles. The Balaban J connectivity index is 2.59. The van der Waals surface area contributed by atoms with E-state index >= 15 is 0 Å². The van der Waals surface area contributed by atoms with Gasteiger partial charge in [-0.1, -0.05) is 19.1 Å². The second kappa shape index (κ2) is 4.66. The molecule has 0 amide bonds. The molecule has 0 spiro atoms. The van der Waals surface area contributed by atoms with E-state index in [-0.39, 0.29) is 0 Å². The largest absolute Gasteiger partial charge is 0.324 e. The molecule has 0 aliphatic carbocycles. The fourth-order valence-electron chi connectivity index (χ4n) is 2.05. The standard InChI is InChI=1S/C13H19N3/c1-4-10(2)16-12-8-6-5-7-11(12)15-13(16)9-14-3/h5-8,10,14H,4,9H2,1-3H3/t10-/m0/s1. The first kappa shape index (κ1) is 11.1. The van der Waals surface area contributed by atoms with Crippen LogP contribution in [0.2, 0.25) is 0 Å². The van der Waals surface area contributed by atoms with Crippen LogP contribution >= 0.6 is 0 Å². The van der Waals surface area contributed by atoms with Crippen molar-refractivity contribution in [3.05, 3.63) is 30.1 Å². The molecule has 0 fully saturated rings. The van der Waals surface area contributed by atoms with Gasteiger partial charge in [-0.3, -0.25) is 0 Å². The predicted octanol–water partition coefficient (Wildman–Crippen LogP) is 2.73. The Kier molecular flexibility index (Phi) is 3.25. The molecule has 1 N–H and O–H groups in total. The van der Waals surface area contributed by atoms with E-state index in [1.165, 1.54) is 5.52 Å². The lowest BCUT2D eigenvalue weighted by Gasteiger charge is -2.15. The van der Waals surface area contributed by atoms with Gasteiger partial charge in [0, 0.05) is 6.04 Å². The van der Waals surface area contributed by atoms with Crippen LogP contribution in [0.1, 0.15) is 32.1 Å². The molecule has 1 heterocycles. The lowest BCUT2D eigenvalue weighted by atomic mass is 10.2. The fourth-order valence-corrected chi connectivity index (χ4v) is 2.05. The third kappa shape index (κ3) is 1.83. The number of imidazole rings is 1. The number of para-hydroxylation sites is 2. The Morgan fingerprint density at radius 2 is 2.12 bits per heavy atom. The zero-order chi connectivity index (χ0) is 11.5. The van der Waals surface area contributed by atoms with E-state index in [2.05, 4.69) is 46.9 Å². The topological polar surface area (TPSA) is 29.9 Å². The minimum Gasteiger partial charge on any atom is -0.324 e. The molecule has 2 aromatic rings. The Hall–Kier alpha value is -1.35. The molecular formula is C13H19N3. The Morgan fingerprint density at radius 3 is 2.81 bits per heavy atom. The van der Waals surface area contributed by atoms with Crippen LogP contribution in [0.4, 0.5) is 0 Å². The van der Waals surface area contributed by atoms with Crippen molar-refractivity contribution in [1.82, 2.24) is 14.9 Å². The maximum Gasteiger partial charge on any atom is 0.124 e. The molecule has 16 heavy (non-hydrogen) atoms. The van der Waals surface area contributed by atoms with Crippen LogP contribution in [0, 0.1) is 0 Å². The summed E-state index contributed by atoms with van der Waals surface area (Å²) in [5.41, 5.74) is 2.33. The first-order chi connectivity index (χ1) is 7.77. The van der Waals surface area contributed by atoms with Crippen molar-refractivity contribution in [2.24, 2.45) is 0 Å². The molecule has 0 unspecified atom stereocenters. The van der Waals surface area contributed by atoms with Crippen molar-refractivity contribution in [2.75, 3.05) is 7.05 Å². The molecule has 0 aliphatic heterocycles. The number of rotatable bonds is 4. The van der Waals surface area contributed by atoms with Gasteiger partial charge >= 0.3 is 0 Å². The van der Waals surface area contributed by atoms with Gasteiger partial charge in [0.1, 0.15) is 5.82 Å². The van der Waals surface area contributed by atoms with Crippen LogP contribution in [0.15, 0.2) is 24.3 Å². The van der Waals surface area contributed by atoms with Crippen molar-refractivity contribution < 1.29 is 0 Å². The number of aromatic nitrogens is 2. The zero-order valence-corrected chi connectivity index (χ0v) is 10.2. The zero-order valence-electron chi connectivity index (χ0n) is 10.2. The van der Waals surface area contributed by atoms with Crippen LogP contribution in [-0.4, -0.2) is 16.6 Å². The van der Waals surface area contributed by atoms with Crippen molar-refractivity contribution in [3.63, 3.8) is 0 Å². The molecule has 1 atom stereocenters. The molecule has 3 nitrogen and oxygen atoms in total. The lowest BCUT2D eigenvalue weighted by Crippen LogP contribution is -2.14. The summed E-state index contributed by atoms with van der Waals surface area (Å²) in [6.07, 6.45) is 1.12. The molecule has 0 bridgehead atoms. The first-order valence-electron chi connectivity index (χ1n) is 5.88. The van der Waals surface area contributed by atoms with Gasteiger partial charge in [-0.15, -0.1) is 0 Å². The second-order valence-electron chi connectivity index (χ2n) is 4.17. The SMILES string of the molecule is CC[C@H](C)n1c(CNC)nc2ccccc21. The van der Waals surface area contributed by atoms with Gasteiger partial charge in [-0.2, -0.15) is 0 Å². The molecule has 0 aliphatic rings. The minimum absolute atomic E-state index is 0.496. The summed E-state index contributed by atoms with van der Waals surface area (Å²) < 4.78 is 2.34. The highest BCUT2D eigenvalue weighted by atomic mass is 15.1. The average Bonchev–Trinajstić information content (AvgIpc) is 2.66. The number of hydrogen-bond donors (Lipinski definition) is 1. The molecule has 0 radical (unpaired) electrons. The van der Waals surface area contributed by atoms with Gasteiger partial charge in [-0.05, 0) is 32.5 Å². The van der Waals surface area contributed by atoms with Crippen LogP contribution in [-0.2, 0) is 6.54 Å². The summed E-state index contributed by atoms with van der Waals surface area (Å²) >= 11 is 0. The number of fused-ring (bicyclic) bond motifs is 1. The van der Waals surface area contributed by atoms with Crippen LogP contribution in [0.3, 0.4) is 0 Å². The summed E-state index contributed by atoms with van der Waals surface area (Å²) in [6.45, 7) is 5.27. The number of nitrogens with zero attached hydrogens (tertiary/aromatic N) is 2. The summed E-state index contributed by atoms with van der Waals surface area (Å²) in [5.74, 6) is 1.12. The van der Waals surface area contributed by atoms with Crippen molar-refractivity contribution in [2.45, 2.75) is 32.9 Å². The molecule has 86 valence electrons. The molecule has 2 rings (SSSR count). The number of nitrogens with one attached hydrogen (secondary N) is 1. The maximum atomic E-state index is 4.67. The summed E-state index contributed by atoms with van der Waals surface area (Å²) in [5, 5.41) is 3.18. The molecular weight excluding hydrogens is 198 g/mol. The molecule has 3 heteroatoms. The van der Waals surface area contributed by atoms with Crippen molar-refractivity contribution in [3.8, 4) is 0 Å². The van der Waals surface area contributed by atoms with Gasteiger partial charge in [0.05, 0.1) is 17.6 Å². The average molecular weight is 217 g/mol. The van der Waals surface area contributed by atoms with Crippen molar-refractivity contribution >= 4 is 11.0 Å². The van der Waals surface area contributed by atoms with Crippen LogP contribution in [0.5, 0.6) is 0 Å². The van der Waals surface area contributed by atoms with Crippen LogP contribution < -0.4 is 5.32 Å². The maximum absolute atomic E-state index is 4.67.